The Bertz CT molecular complexity index is 316. The van der Waals surface area contributed by atoms with Crippen molar-refractivity contribution >= 4 is 0 Å². The van der Waals surface area contributed by atoms with E-state index < -0.39 is 0 Å². The summed E-state index contributed by atoms with van der Waals surface area (Å²) in [5, 5.41) is 3.35. The van der Waals surface area contributed by atoms with Gasteiger partial charge in [-0.3, -0.25) is 0 Å². The Labute approximate surface area is 85.7 Å². The van der Waals surface area contributed by atoms with Crippen LogP contribution in [-0.4, -0.2) is 7.05 Å². The van der Waals surface area contributed by atoms with Gasteiger partial charge in [0, 0.05) is 6.42 Å². The van der Waals surface area contributed by atoms with Crippen molar-refractivity contribution in [2.45, 2.75) is 39.2 Å². The van der Waals surface area contributed by atoms with E-state index in [0.29, 0.717) is 12.0 Å². The monoisotopic (exact) mass is 193 g/mol. The average Bonchev–Trinajstić information content (AvgIpc) is 2.60. The summed E-state index contributed by atoms with van der Waals surface area (Å²) in [6.45, 7) is 4.43. The largest absolute Gasteiger partial charge is 0.464 e. The Kier molecular flexibility index (Phi) is 2.64. The zero-order chi connectivity index (χ0) is 10.1. The highest BCUT2D eigenvalue weighted by Gasteiger charge is 2.28. The molecule has 0 radical (unpaired) electrons. The molecule has 1 aromatic rings. The molecule has 0 amide bonds. The smallest absolute Gasteiger partial charge is 0.124 e. The minimum atomic E-state index is 0.416. The third-order valence-electron chi connectivity index (χ3n) is 3.27. The van der Waals surface area contributed by atoms with Crippen molar-refractivity contribution in [3.63, 3.8) is 0 Å². The summed E-state index contributed by atoms with van der Waals surface area (Å²) in [7, 11) is 2.02. The van der Waals surface area contributed by atoms with Crippen LogP contribution in [0, 0.1) is 5.92 Å². The lowest BCUT2D eigenvalue weighted by Crippen LogP contribution is -2.27. The Hall–Kier alpha value is -0.760. The molecule has 1 N–H and O–H groups in total. The van der Waals surface area contributed by atoms with Gasteiger partial charge < -0.3 is 9.73 Å². The summed E-state index contributed by atoms with van der Waals surface area (Å²) >= 11 is 0. The Balaban J connectivity index is 2.35. The minimum Gasteiger partial charge on any atom is -0.464 e. The maximum atomic E-state index is 5.87. The molecule has 0 fully saturated rings. The first kappa shape index (κ1) is 9.78. The van der Waals surface area contributed by atoms with Crippen LogP contribution in [-0.2, 0) is 12.8 Å². The van der Waals surface area contributed by atoms with Gasteiger partial charge in [0.2, 0.25) is 0 Å². The number of furan rings is 1. The van der Waals surface area contributed by atoms with Gasteiger partial charge in [-0.25, -0.2) is 0 Å². The maximum Gasteiger partial charge on any atom is 0.124 e. The lowest BCUT2D eigenvalue weighted by molar-refractivity contribution is 0.299. The molecule has 14 heavy (non-hydrogen) atoms. The highest BCUT2D eigenvalue weighted by molar-refractivity contribution is 5.27. The molecule has 0 bridgehead atoms. The van der Waals surface area contributed by atoms with Crippen molar-refractivity contribution in [2.75, 3.05) is 7.05 Å². The number of nitrogens with one attached hydrogen (secondary N) is 1. The van der Waals surface area contributed by atoms with E-state index in [2.05, 4.69) is 25.2 Å². The summed E-state index contributed by atoms with van der Waals surface area (Å²) in [6, 6.07) is 2.64. The van der Waals surface area contributed by atoms with Gasteiger partial charge in [0.15, 0.2) is 0 Å². The average molecular weight is 193 g/mol. The molecule has 0 aromatic carbocycles. The third kappa shape index (κ3) is 1.48. The number of aryl methyl sites for hydroxylation is 2. The highest BCUT2D eigenvalue weighted by atomic mass is 16.3. The zero-order valence-electron chi connectivity index (χ0n) is 9.26. The molecule has 2 heteroatoms. The summed E-state index contributed by atoms with van der Waals surface area (Å²) in [5.41, 5.74) is 1.42. The van der Waals surface area contributed by atoms with Gasteiger partial charge >= 0.3 is 0 Å². The molecule has 0 saturated carbocycles. The number of hydrogen-bond donors (Lipinski definition) is 1. The Morgan fingerprint density at radius 3 is 3.00 bits per heavy atom. The molecule has 2 unspecified atom stereocenters. The fourth-order valence-electron chi connectivity index (χ4n) is 2.36. The van der Waals surface area contributed by atoms with Crippen LogP contribution in [0.25, 0.3) is 0 Å². The van der Waals surface area contributed by atoms with Gasteiger partial charge in [0.1, 0.15) is 11.5 Å². The van der Waals surface area contributed by atoms with Gasteiger partial charge in [-0.15, -0.1) is 0 Å². The van der Waals surface area contributed by atoms with E-state index >= 15 is 0 Å². The molecule has 2 atom stereocenters. The predicted molar refractivity (Wildman–Crippen MR) is 57.4 cm³/mol. The van der Waals surface area contributed by atoms with Crippen LogP contribution in [0.2, 0.25) is 0 Å². The number of hydrogen-bond acceptors (Lipinski definition) is 2. The van der Waals surface area contributed by atoms with Gasteiger partial charge in [0.05, 0.1) is 6.04 Å². The van der Waals surface area contributed by atoms with Crippen LogP contribution in [0.3, 0.4) is 0 Å². The highest BCUT2D eigenvalue weighted by Crippen LogP contribution is 2.35. The molecular weight excluding hydrogens is 174 g/mol. The van der Waals surface area contributed by atoms with E-state index in [4.69, 9.17) is 4.42 Å². The van der Waals surface area contributed by atoms with Gasteiger partial charge in [-0.05, 0) is 37.4 Å². The summed E-state index contributed by atoms with van der Waals surface area (Å²) < 4.78 is 5.87. The van der Waals surface area contributed by atoms with Crippen molar-refractivity contribution in [2.24, 2.45) is 5.92 Å². The lowest BCUT2D eigenvalue weighted by Gasteiger charge is -2.27. The van der Waals surface area contributed by atoms with E-state index in [1.54, 1.807) is 0 Å². The Morgan fingerprint density at radius 1 is 1.57 bits per heavy atom. The van der Waals surface area contributed by atoms with E-state index in [1.807, 2.05) is 7.05 Å². The van der Waals surface area contributed by atoms with Crippen molar-refractivity contribution in [3.05, 3.63) is 23.2 Å². The van der Waals surface area contributed by atoms with E-state index in [-0.39, 0.29) is 0 Å². The maximum absolute atomic E-state index is 5.87. The molecule has 2 nitrogen and oxygen atoms in total. The predicted octanol–water partition coefficient (Wildman–Crippen LogP) is 2.68. The summed E-state index contributed by atoms with van der Waals surface area (Å²) in [5.74, 6) is 3.00. The van der Waals surface area contributed by atoms with Gasteiger partial charge in [-0.2, -0.15) is 0 Å². The van der Waals surface area contributed by atoms with Crippen molar-refractivity contribution in [3.8, 4) is 0 Å². The second kappa shape index (κ2) is 3.77. The molecule has 0 saturated heterocycles. The second-order valence-electron chi connectivity index (χ2n) is 4.24. The van der Waals surface area contributed by atoms with Gasteiger partial charge in [-0.1, -0.05) is 13.8 Å². The first-order chi connectivity index (χ1) is 6.76. The van der Waals surface area contributed by atoms with Crippen molar-refractivity contribution < 1.29 is 4.42 Å². The molecule has 78 valence electrons. The zero-order valence-corrected chi connectivity index (χ0v) is 9.26. The van der Waals surface area contributed by atoms with Gasteiger partial charge in [0.25, 0.3) is 0 Å². The van der Waals surface area contributed by atoms with Crippen LogP contribution in [0.5, 0.6) is 0 Å². The fourth-order valence-corrected chi connectivity index (χ4v) is 2.36. The number of fused-ring (bicyclic) bond motifs is 1. The topological polar surface area (TPSA) is 25.2 Å². The molecule has 1 aromatic heterocycles. The molecule has 0 spiro atoms. The molecular formula is C12H19NO. The van der Waals surface area contributed by atoms with Crippen molar-refractivity contribution in [1.82, 2.24) is 5.32 Å². The first-order valence-corrected chi connectivity index (χ1v) is 5.55. The fraction of sp³-hybridized carbons (Fsp3) is 0.667. The number of rotatable bonds is 2. The van der Waals surface area contributed by atoms with Crippen LogP contribution < -0.4 is 5.32 Å². The van der Waals surface area contributed by atoms with Crippen LogP contribution in [0.1, 0.15) is 43.4 Å². The van der Waals surface area contributed by atoms with Crippen LogP contribution in [0.4, 0.5) is 0 Å². The Morgan fingerprint density at radius 2 is 2.36 bits per heavy atom. The van der Waals surface area contributed by atoms with Crippen molar-refractivity contribution in [1.29, 1.82) is 0 Å². The quantitative estimate of drug-likeness (QED) is 0.781. The van der Waals surface area contributed by atoms with Crippen LogP contribution in [0.15, 0.2) is 10.5 Å². The normalized spacial score (nSPS) is 26.2. The lowest BCUT2D eigenvalue weighted by atomic mass is 9.85. The molecule has 2 rings (SSSR count). The molecule has 0 aliphatic heterocycles. The third-order valence-corrected chi connectivity index (χ3v) is 3.27. The molecule has 1 aliphatic carbocycles. The first-order valence-electron chi connectivity index (χ1n) is 5.55. The SMILES string of the molecule is CCc1cc2c(o1)C(NC)C(C)CC2. The molecule has 1 aliphatic rings. The summed E-state index contributed by atoms with van der Waals surface area (Å²) in [4.78, 5) is 0. The minimum absolute atomic E-state index is 0.416. The van der Waals surface area contributed by atoms with E-state index in [9.17, 15) is 0 Å². The standard InChI is InChI=1S/C12H19NO/c1-4-10-7-9-6-5-8(2)11(13-3)12(9)14-10/h7-8,11,13H,4-6H2,1-3H3. The molecule has 1 heterocycles. The second-order valence-corrected chi connectivity index (χ2v) is 4.24. The van der Waals surface area contributed by atoms with E-state index in [1.165, 1.54) is 24.2 Å². The van der Waals surface area contributed by atoms with E-state index in [0.717, 1.165) is 12.2 Å². The van der Waals surface area contributed by atoms with Crippen LogP contribution >= 0.6 is 0 Å². The summed E-state index contributed by atoms with van der Waals surface area (Å²) in [6.07, 6.45) is 3.44.